The Balaban J connectivity index is 2.08. The third-order valence-electron chi connectivity index (χ3n) is 4.14. The number of nitrogens with one attached hydrogen (secondary N) is 1. The average Bonchev–Trinajstić information content (AvgIpc) is 2.80. The van der Waals surface area contributed by atoms with Crippen LogP contribution in [0.15, 0.2) is 30.3 Å². The second-order valence-corrected chi connectivity index (χ2v) is 5.32. The molecule has 2 unspecified atom stereocenters. The Bertz CT molecular complexity index is 418. The third kappa shape index (κ3) is 2.98. The molecular formula is C16H23NO2. The van der Waals surface area contributed by atoms with E-state index in [1.165, 1.54) is 5.56 Å². The summed E-state index contributed by atoms with van der Waals surface area (Å²) in [6.07, 6.45) is 3.04. The SMILES string of the molecule is CCOC(=O)C1(NCc2ccccc2)CCCC1C. The van der Waals surface area contributed by atoms with Crippen molar-refractivity contribution in [1.82, 2.24) is 5.32 Å². The van der Waals surface area contributed by atoms with Crippen molar-refractivity contribution in [3.05, 3.63) is 35.9 Å². The van der Waals surface area contributed by atoms with Crippen LogP contribution in [0.3, 0.4) is 0 Å². The van der Waals surface area contributed by atoms with Gasteiger partial charge in [-0.1, -0.05) is 43.7 Å². The van der Waals surface area contributed by atoms with Crippen LogP contribution in [0.25, 0.3) is 0 Å². The molecule has 1 aliphatic carbocycles. The fraction of sp³-hybridized carbons (Fsp3) is 0.562. The second kappa shape index (κ2) is 6.20. The van der Waals surface area contributed by atoms with E-state index in [0.29, 0.717) is 19.1 Å². The standard InChI is InChI=1S/C16H23NO2/c1-3-19-15(18)16(11-7-8-13(16)2)17-12-14-9-5-4-6-10-14/h4-6,9-10,13,17H,3,7-8,11-12H2,1-2H3. The number of rotatable bonds is 5. The molecule has 0 heterocycles. The molecule has 104 valence electrons. The van der Waals surface area contributed by atoms with Crippen molar-refractivity contribution in [2.24, 2.45) is 5.92 Å². The van der Waals surface area contributed by atoms with E-state index in [0.717, 1.165) is 19.3 Å². The van der Waals surface area contributed by atoms with Gasteiger partial charge in [0, 0.05) is 6.54 Å². The van der Waals surface area contributed by atoms with E-state index < -0.39 is 5.54 Å². The van der Waals surface area contributed by atoms with Gasteiger partial charge >= 0.3 is 5.97 Å². The van der Waals surface area contributed by atoms with Crippen LogP contribution in [0.4, 0.5) is 0 Å². The Hall–Kier alpha value is -1.35. The molecule has 0 aliphatic heterocycles. The van der Waals surface area contributed by atoms with Gasteiger partial charge in [-0.3, -0.25) is 10.1 Å². The highest BCUT2D eigenvalue weighted by Crippen LogP contribution is 2.36. The lowest BCUT2D eigenvalue weighted by molar-refractivity contribution is -0.152. The Labute approximate surface area is 115 Å². The van der Waals surface area contributed by atoms with Gasteiger partial charge in [0.2, 0.25) is 0 Å². The number of ether oxygens (including phenoxy) is 1. The Morgan fingerprint density at radius 3 is 2.74 bits per heavy atom. The van der Waals surface area contributed by atoms with E-state index in [9.17, 15) is 4.79 Å². The Morgan fingerprint density at radius 2 is 2.16 bits per heavy atom. The molecule has 0 spiro atoms. The summed E-state index contributed by atoms with van der Waals surface area (Å²) in [7, 11) is 0. The van der Waals surface area contributed by atoms with Crippen molar-refractivity contribution in [2.75, 3.05) is 6.61 Å². The first-order valence-corrected chi connectivity index (χ1v) is 7.15. The minimum Gasteiger partial charge on any atom is -0.465 e. The predicted molar refractivity (Wildman–Crippen MR) is 75.7 cm³/mol. The molecule has 3 heteroatoms. The van der Waals surface area contributed by atoms with Crippen LogP contribution >= 0.6 is 0 Å². The summed E-state index contributed by atoms with van der Waals surface area (Å²) in [6.45, 7) is 5.16. The van der Waals surface area contributed by atoms with Crippen molar-refractivity contribution < 1.29 is 9.53 Å². The maximum atomic E-state index is 12.3. The molecule has 1 fully saturated rings. The monoisotopic (exact) mass is 261 g/mol. The summed E-state index contributed by atoms with van der Waals surface area (Å²) in [4.78, 5) is 12.3. The largest absolute Gasteiger partial charge is 0.465 e. The van der Waals surface area contributed by atoms with Crippen LogP contribution in [-0.4, -0.2) is 18.1 Å². The molecule has 3 nitrogen and oxygen atoms in total. The highest BCUT2D eigenvalue weighted by atomic mass is 16.5. The zero-order valence-electron chi connectivity index (χ0n) is 11.8. The molecule has 0 radical (unpaired) electrons. The van der Waals surface area contributed by atoms with Crippen LogP contribution in [-0.2, 0) is 16.1 Å². The molecule has 1 N–H and O–H groups in total. The van der Waals surface area contributed by atoms with Crippen LogP contribution in [0.1, 0.15) is 38.7 Å². The Morgan fingerprint density at radius 1 is 1.42 bits per heavy atom. The molecule has 0 bridgehead atoms. The normalized spacial score (nSPS) is 26.3. The summed E-state index contributed by atoms with van der Waals surface area (Å²) < 4.78 is 5.29. The lowest BCUT2D eigenvalue weighted by Crippen LogP contribution is -2.54. The molecule has 1 aromatic rings. The summed E-state index contributed by atoms with van der Waals surface area (Å²) >= 11 is 0. The van der Waals surface area contributed by atoms with Gasteiger partial charge in [0.25, 0.3) is 0 Å². The smallest absolute Gasteiger partial charge is 0.326 e. The van der Waals surface area contributed by atoms with Gasteiger partial charge in [0.15, 0.2) is 0 Å². The van der Waals surface area contributed by atoms with Gasteiger partial charge in [0.05, 0.1) is 6.61 Å². The lowest BCUT2D eigenvalue weighted by Gasteiger charge is -2.32. The van der Waals surface area contributed by atoms with Gasteiger partial charge in [0.1, 0.15) is 5.54 Å². The van der Waals surface area contributed by atoms with E-state index in [4.69, 9.17) is 4.74 Å². The molecule has 2 atom stereocenters. The summed E-state index contributed by atoms with van der Waals surface area (Å²) in [5.74, 6) is 0.242. The zero-order valence-corrected chi connectivity index (χ0v) is 11.8. The van der Waals surface area contributed by atoms with E-state index in [1.807, 2.05) is 25.1 Å². The number of hydrogen-bond acceptors (Lipinski definition) is 3. The number of benzene rings is 1. The first-order valence-electron chi connectivity index (χ1n) is 7.15. The molecule has 0 saturated heterocycles. The van der Waals surface area contributed by atoms with Crippen LogP contribution < -0.4 is 5.32 Å². The third-order valence-corrected chi connectivity index (χ3v) is 4.14. The maximum absolute atomic E-state index is 12.3. The van der Waals surface area contributed by atoms with Gasteiger partial charge in [-0.05, 0) is 31.2 Å². The molecular weight excluding hydrogens is 238 g/mol. The molecule has 2 rings (SSSR count). The summed E-state index contributed by atoms with van der Waals surface area (Å²) in [5, 5.41) is 3.47. The highest BCUT2D eigenvalue weighted by Gasteiger charge is 2.47. The first-order chi connectivity index (χ1) is 9.19. The van der Waals surface area contributed by atoms with Gasteiger partial charge in [-0.2, -0.15) is 0 Å². The zero-order chi connectivity index (χ0) is 13.7. The van der Waals surface area contributed by atoms with Crippen molar-refractivity contribution in [2.45, 2.75) is 45.2 Å². The van der Waals surface area contributed by atoms with Gasteiger partial charge in [-0.25, -0.2) is 0 Å². The highest BCUT2D eigenvalue weighted by molar-refractivity contribution is 5.81. The van der Waals surface area contributed by atoms with E-state index in [-0.39, 0.29) is 5.97 Å². The molecule has 1 aliphatic rings. The minimum absolute atomic E-state index is 0.0871. The molecule has 0 aromatic heterocycles. The van der Waals surface area contributed by atoms with Crippen LogP contribution in [0, 0.1) is 5.92 Å². The second-order valence-electron chi connectivity index (χ2n) is 5.32. The Kier molecular flexibility index (Phi) is 4.59. The quantitative estimate of drug-likeness (QED) is 0.828. The van der Waals surface area contributed by atoms with Crippen molar-refractivity contribution in [1.29, 1.82) is 0 Å². The minimum atomic E-state index is -0.494. The number of esters is 1. The number of hydrogen-bond donors (Lipinski definition) is 1. The van der Waals surface area contributed by atoms with Gasteiger partial charge < -0.3 is 4.74 Å². The molecule has 19 heavy (non-hydrogen) atoms. The summed E-state index contributed by atoms with van der Waals surface area (Å²) in [6, 6.07) is 10.2. The van der Waals surface area contributed by atoms with Gasteiger partial charge in [-0.15, -0.1) is 0 Å². The first kappa shape index (κ1) is 14.1. The topological polar surface area (TPSA) is 38.3 Å². The van der Waals surface area contributed by atoms with Crippen LogP contribution in [0.5, 0.6) is 0 Å². The van der Waals surface area contributed by atoms with E-state index >= 15 is 0 Å². The van der Waals surface area contributed by atoms with E-state index in [2.05, 4.69) is 24.4 Å². The average molecular weight is 261 g/mol. The van der Waals surface area contributed by atoms with Crippen molar-refractivity contribution in [3.63, 3.8) is 0 Å². The van der Waals surface area contributed by atoms with E-state index in [1.54, 1.807) is 0 Å². The maximum Gasteiger partial charge on any atom is 0.326 e. The molecule has 0 amide bonds. The fourth-order valence-electron chi connectivity index (χ4n) is 2.93. The predicted octanol–water partition coefficient (Wildman–Crippen LogP) is 2.90. The van der Waals surface area contributed by atoms with Crippen molar-refractivity contribution in [3.8, 4) is 0 Å². The van der Waals surface area contributed by atoms with Crippen molar-refractivity contribution >= 4 is 5.97 Å². The summed E-state index contributed by atoms with van der Waals surface area (Å²) in [5.41, 5.74) is 0.705. The molecule has 1 saturated carbocycles. The molecule has 1 aromatic carbocycles. The fourth-order valence-corrected chi connectivity index (χ4v) is 2.93. The lowest BCUT2D eigenvalue weighted by atomic mass is 9.88. The van der Waals surface area contributed by atoms with Crippen LogP contribution in [0.2, 0.25) is 0 Å². The number of carbonyl (C=O) groups is 1. The number of carbonyl (C=O) groups excluding carboxylic acids is 1.